The van der Waals surface area contributed by atoms with E-state index >= 15 is 0 Å². The van der Waals surface area contributed by atoms with Gasteiger partial charge in [-0.15, -0.1) is 0 Å². The maximum absolute atomic E-state index is 10.3. The maximum Gasteiger partial charge on any atom is 0.667 e. The first-order valence-electron chi connectivity index (χ1n) is 1.68. The molecule has 0 saturated carbocycles. The lowest BCUT2D eigenvalue weighted by Gasteiger charge is -1.95. The molecule has 0 aromatic heterocycles. The highest BCUT2D eigenvalue weighted by Crippen LogP contribution is 2.67. The van der Waals surface area contributed by atoms with E-state index in [-0.39, 0.29) is 0 Å². The van der Waals surface area contributed by atoms with Gasteiger partial charge >= 0.3 is 23.4 Å². The standard InChI is InChI=1S/HO6P3/c1-6-4-8(2)7-9(3)5-6/h7H/q+2. The van der Waals surface area contributed by atoms with Crippen LogP contribution in [-0.2, 0) is 23.3 Å². The Labute approximate surface area is 52.9 Å². The van der Waals surface area contributed by atoms with Crippen molar-refractivity contribution in [2.45, 2.75) is 0 Å². The van der Waals surface area contributed by atoms with Crippen molar-refractivity contribution >= 4 is 23.4 Å². The Bertz CT molecular complexity index is 134. The van der Waals surface area contributed by atoms with Crippen molar-refractivity contribution in [2.75, 3.05) is 0 Å². The largest absolute Gasteiger partial charge is 0.667 e. The Morgan fingerprint density at radius 3 is 2.11 bits per heavy atom. The van der Waals surface area contributed by atoms with Crippen molar-refractivity contribution in [3.05, 3.63) is 0 Å². The Kier molecular flexibility index (Phi) is 2.56. The third-order valence-corrected chi connectivity index (χ3v) is 5.63. The first kappa shape index (κ1) is 7.58. The molecule has 0 radical (unpaired) electrons. The van der Waals surface area contributed by atoms with Crippen LogP contribution in [0.15, 0.2) is 0 Å². The molecule has 0 aliphatic carbocycles. The van der Waals surface area contributed by atoms with Crippen molar-refractivity contribution in [2.24, 2.45) is 0 Å². The summed E-state index contributed by atoms with van der Waals surface area (Å²) in [6.45, 7) is 0. The second-order valence-corrected chi connectivity index (χ2v) is 7.08. The van der Waals surface area contributed by atoms with Gasteiger partial charge in [0.15, 0.2) is 0 Å². The lowest BCUT2D eigenvalue weighted by Crippen LogP contribution is -2.22. The minimum absolute atomic E-state index is 0.339. The molecule has 1 fully saturated rings. The molecular weight excluding hydrogens is 189 g/mol. The lowest BCUT2D eigenvalue weighted by atomic mass is 14.2. The number of rotatable bonds is 0. The van der Waals surface area contributed by atoms with E-state index in [0.29, 0.717) is 4.82 Å². The molecule has 1 saturated heterocycles. The summed E-state index contributed by atoms with van der Waals surface area (Å²) < 4.78 is 28.3. The monoisotopic (exact) mass is 190 g/mol. The summed E-state index contributed by atoms with van der Waals surface area (Å²) in [6.07, 6.45) is 0. The number of hydrogen-bond acceptors (Lipinski definition) is 5. The molecule has 0 bridgehead atoms. The van der Waals surface area contributed by atoms with E-state index < -0.39 is 23.4 Å². The van der Waals surface area contributed by atoms with Crippen LogP contribution >= 0.6 is 23.4 Å². The quantitative estimate of drug-likeness (QED) is 0.318. The van der Waals surface area contributed by atoms with Gasteiger partial charge in [0.25, 0.3) is 0 Å². The van der Waals surface area contributed by atoms with Crippen LogP contribution in [0.1, 0.15) is 0 Å². The second-order valence-electron chi connectivity index (χ2n) is 0.967. The molecule has 2 atom stereocenters. The highest BCUT2D eigenvalue weighted by Gasteiger charge is 2.55. The molecule has 2 unspecified atom stereocenters. The summed E-state index contributed by atoms with van der Waals surface area (Å²) in [7, 11) is -4.70. The molecule has 1 aliphatic heterocycles. The topological polar surface area (TPSA) is 78.4 Å². The molecule has 9 heavy (non-hydrogen) atoms. The molecular formula is HO6P3+2. The van der Waals surface area contributed by atoms with Crippen LogP contribution in [0.5, 0.6) is 0 Å². The normalized spacial score (nSPS) is 33.4. The van der Waals surface area contributed by atoms with Gasteiger partial charge in [0.2, 0.25) is 9.35 Å². The average molecular weight is 190 g/mol. The number of hydrogen-bond donors (Lipinski definition) is 0. The summed E-state index contributed by atoms with van der Waals surface area (Å²) >= 11 is 0. The Morgan fingerprint density at radius 1 is 1.33 bits per heavy atom. The fourth-order valence-electron chi connectivity index (χ4n) is 0.224. The van der Waals surface area contributed by atoms with E-state index in [1.807, 2.05) is 0 Å². The fourth-order valence-corrected chi connectivity index (χ4v) is 3.52. The average Bonchev–Trinajstić information content (AvgIpc) is 1.59. The van der Waals surface area contributed by atoms with Crippen LogP contribution in [0, 0.1) is 0 Å². The third kappa shape index (κ3) is 2.28. The highest BCUT2D eigenvalue weighted by atomic mass is 32.4. The Hall–Kier alpha value is 0.470. The van der Waals surface area contributed by atoms with Gasteiger partial charge in [-0.2, -0.15) is 0 Å². The molecule has 9 heteroatoms. The SMILES string of the molecule is O=[P+]1O[O+]([O-])O[P+](=O)P1. The molecule has 50 valence electrons. The van der Waals surface area contributed by atoms with Crippen LogP contribution in [0.25, 0.3) is 0 Å². The van der Waals surface area contributed by atoms with E-state index in [0.717, 1.165) is 0 Å². The van der Waals surface area contributed by atoms with E-state index in [1.165, 1.54) is 0 Å². The fraction of sp³-hybridized carbons (Fsp3) is 0. The van der Waals surface area contributed by atoms with Crippen LogP contribution in [0.4, 0.5) is 0 Å². The summed E-state index contributed by atoms with van der Waals surface area (Å²) in [6, 6.07) is 0. The van der Waals surface area contributed by atoms with E-state index in [4.69, 9.17) is 0 Å². The van der Waals surface area contributed by atoms with E-state index in [1.54, 1.807) is 0 Å². The van der Waals surface area contributed by atoms with Gasteiger partial charge < -0.3 is 5.26 Å². The molecule has 0 N–H and O–H groups in total. The minimum Gasteiger partial charge on any atom is -0.428 e. The molecule has 0 aromatic rings. The van der Waals surface area contributed by atoms with Gasteiger partial charge in [0.1, 0.15) is 0 Å². The zero-order chi connectivity index (χ0) is 6.85. The third-order valence-electron chi connectivity index (χ3n) is 0.420. The van der Waals surface area contributed by atoms with Gasteiger partial charge in [0, 0.05) is 4.82 Å². The summed E-state index contributed by atoms with van der Waals surface area (Å²) in [5.74, 6) is 0. The smallest absolute Gasteiger partial charge is 0.428 e. The zero-order valence-electron chi connectivity index (χ0n) is 3.84. The van der Waals surface area contributed by atoms with Crippen molar-refractivity contribution in [3.8, 4) is 0 Å². The van der Waals surface area contributed by atoms with Gasteiger partial charge in [-0.3, -0.25) is 0 Å². The molecule has 0 spiro atoms. The van der Waals surface area contributed by atoms with Crippen molar-refractivity contribution in [3.63, 3.8) is 0 Å². The molecule has 1 aliphatic rings. The summed E-state index contributed by atoms with van der Waals surface area (Å²) in [4.78, 5) is 0.339. The molecule has 1 heterocycles. The van der Waals surface area contributed by atoms with Crippen molar-refractivity contribution in [1.82, 2.24) is 0 Å². The predicted molar refractivity (Wildman–Crippen MR) is 26.8 cm³/mol. The van der Waals surface area contributed by atoms with Crippen LogP contribution in [0.2, 0.25) is 0 Å². The second kappa shape index (κ2) is 3.04. The molecule has 6 nitrogen and oxygen atoms in total. The summed E-state index contributed by atoms with van der Waals surface area (Å²) in [5, 5.41) is 9.91. The minimum atomic E-state index is -2.12. The van der Waals surface area contributed by atoms with Crippen LogP contribution in [-0.4, -0.2) is 0 Å². The molecule has 0 aromatic carbocycles. The van der Waals surface area contributed by atoms with Crippen molar-refractivity contribution in [1.29, 1.82) is 0 Å². The molecule has 1 rings (SSSR count). The van der Waals surface area contributed by atoms with Crippen LogP contribution < -0.4 is 5.26 Å². The molecule has 0 amide bonds. The predicted octanol–water partition coefficient (Wildman–Crippen LogP) is 0.684. The highest BCUT2D eigenvalue weighted by molar-refractivity contribution is 8.44. The van der Waals surface area contributed by atoms with Gasteiger partial charge in [0.05, 0.1) is 0 Å². The van der Waals surface area contributed by atoms with Gasteiger partial charge in [-0.25, -0.2) is 0 Å². The van der Waals surface area contributed by atoms with E-state index in [9.17, 15) is 14.4 Å². The van der Waals surface area contributed by atoms with Crippen molar-refractivity contribution < 1.29 is 28.6 Å². The van der Waals surface area contributed by atoms with Gasteiger partial charge in [-0.05, 0) is 9.13 Å². The lowest BCUT2D eigenvalue weighted by molar-refractivity contribution is -0.976. The van der Waals surface area contributed by atoms with Crippen LogP contribution in [0.3, 0.4) is 0 Å². The summed E-state index contributed by atoms with van der Waals surface area (Å²) in [5.41, 5.74) is 0. The van der Waals surface area contributed by atoms with E-state index in [2.05, 4.69) is 9.35 Å². The Morgan fingerprint density at radius 2 is 1.78 bits per heavy atom. The first-order chi connectivity index (χ1) is 4.18. The maximum atomic E-state index is 10.3. The first-order valence-corrected chi connectivity index (χ1v) is 6.72. The zero-order valence-corrected chi connectivity index (χ0v) is 6.63. The Balaban J connectivity index is 2.53. The van der Waals surface area contributed by atoms with Gasteiger partial charge in [-0.1, -0.05) is 0 Å².